The predicted molar refractivity (Wildman–Crippen MR) is 224 cm³/mol. The van der Waals surface area contributed by atoms with E-state index in [0.717, 1.165) is 38.5 Å². The van der Waals surface area contributed by atoms with Crippen LogP contribution in [0.2, 0.25) is 0 Å². The number of rotatable bonds is 41. The fourth-order valence-electron chi connectivity index (χ4n) is 6.62. The van der Waals surface area contributed by atoms with Gasteiger partial charge in [-0.2, -0.15) is 0 Å². The lowest BCUT2D eigenvalue weighted by Crippen LogP contribution is -2.46. The van der Waals surface area contributed by atoms with E-state index in [9.17, 15) is 19.4 Å². The van der Waals surface area contributed by atoms with Crippen LogP contribution in [0.4, 0.5) is 0 Å². The van der Waals surface area contributed by atoms with Crippen LogP contribution in [-0.2, 0) is 18.4 Å². The van der Waals surface area contributed by atoms with E-state index in [1.807, 2.05) is 21.1 Å². The number of nitrogens with one attached hydrogen (secondary N) is 1. The monoisotopic (exact) mass is 773 g/mol. The van der Waals surface area contributed by atoms with Crippen molar-refractivity contribution in [3.63, 3.8) is 0 Å². The summed E-state index contributed by atoms with van der Waals surface area (Å²) in [5, 5.41) is 13.9. The number of hydrogen-bond donors (Lipinski definition) is 2. The molecule has 0 fully saturated rings. The van der Waals surface area contributed by atoms with Crippen molar-refractivity contribution in [3.05, 3.63) is 12.2 Å². The van der Waals surface area contributed by atoms with Crippen molar-refractivity contribution < 1.29 is 32.9 Å². The van der Waals surface area contributed by atoms with Crippen LogP contribution in [0.3, 0.4) is 0 Å². The van der Waals surface area contributed by atoms with Gasteiger partial charge in [0.15, 0.2) is 0 Å². The molecule has 0 aromatic heterocycles. The Labute approximate surface area is 329 Å². The molecule has 0 aromatic rings. The number of aliphatic hydroxyl groups is 1. The van der Waals surface area contributed by atoms with E-state index in [2.05, 4.69) is 31.3 Å². The summed E-state index contributed by atoms with van der Waals surface area (Å²) in [6, 6.07) is -0.795. The molecule has 9 heteroatoms. The van der Waals surface area contributed by atoms with Gasteiger partial charge in [0.2, 0.25) is 5.91 Å². The zero-order chi connectivity index (χ0) is 39.3. The first-order valence-corrected chi connectivity index (χ1v) is 24.0. The Morgan fingerprint density at radius 2 is 1.04 bits per heavy atom. The average molecular weight is 773 g/mol. The van der Waals surface area contributed by atoms with Crippen LogP contribution in [-0.4, -0.2) is 68.5 Å². The lowest BCUT2D eigenvalue weighted by atomic mass is 10.0. The number of allylic oxidation sites excluding steroid dienone is 2. The number of amides is 1. The number of hydrogen-bond acceptors (Lipinski definition) is 6. The van der Waals surface area contributed by atoms with E-state index < -0.39 is 20.0 Å². The molecule has 1 unspecified atom stereocenters. The third-order valence-corrected chi connectivity index (χ3v) is 11.2. The van der Waals surface area contributed by atoms with Crippen molar-refractivity contribution in [3.8, 4) is 0 Å². The molecule has 0 aromatic carbocycles. The lowest BCUT2D eigenvalue weighted by molar-refractivity contribution is -0.870. The van der Waals surface area contributed by atoms with Crippen LogP contribution in [0.15, 0.2) is 12.2 Å². The van der Waals surface area contributed by atoms with E-state index in [0.29, 0.717) is 23.9 Å². The summed E-state index contributed by atoms with van der Waals surface area (Å²) in [6.07, 6.45) is 40.7. The van der Waals surface area contributed by atoms with Crippen molar-refractivity contribution in [1.82, 2.24) is 5.32 Å². The Morgan fingerprint density at radius 1 is 0.642 bits per heavy atom. The summed E-state index contributed by atoms with van der Waals surface area (Å²) in [7, 11) is 1.31. The minimum absolute atomic E-state index is 0.0138. The van der Waals surface area contributed by atoms with Crippen LogP contribution >= 0.6 is 7.82 Å². The standard InChI is InChI=1S/C44H89N2O6P/c1-6-8-10-12-14-16-18-19-20-21-22-23-24-25-26-27-28-30-32-34-36-38-44(48)45-42(41-52-53(49,50)51-40-39-46(3,4)5)43(47)37-35-33-31-29-17-15-13-11-9-7-2/h19-20,42-43,47H,6-18,21-41H2,1-5H3,(H-,45,48,49,50)/b20-19+/t42-,43+/m0/s1. The molecule has 53 heavy (non-hydrogen) atoms. The average Bonchev–Trinajstić information content (AvgIpc) is 3.10. The molecule has 1 amide bonds. The molecule has 0 bridgehead atoms. The molecule has 3 atom stereocenters. The molecule has 0 rings (SSSR count). The van der Waals surface area contributed by atoms with Gasteiger partial charge in [-0.3, -0.25) is 9.36 Å². The van der Waals surface area contributed by atoms with Crippen LogP contribution < -0.4 is 10.2 Å². The Hall–Kier alpha value is -0.760. The molecule has 0 aliphatic rings. The van der Waals surface area contributed by atoms with E-state index >= 15 is 0 Å². The van der Waals surface area contributed by atoms with Gasteiger partial charge < -0.3 is 28.8 Å². The molecule has 0 aliphatic carbocycles. The molecular weight excluding hydrogens is 683 g/mol. The normalized spacial score (nSPS) is 14.5. The third kappa shape index (κ3) is 39.3. The minimum atomic E-state index is -4.55. The minimum Gasteiger partial charge on any atom is -0.756 e. The van der Waals surface area contributed by atoms with Gasteiger partial charge >= 0.3 is 0 Å². The number of aliphatic hydroxyl groups excluding tert-OH is 1. The molecule has 316 valence electrons. The smallest absolute Gasteiger partial charge is 0.268 e. The highest BCUT2D eigenvalue weighted by Crippen LogP contribution is 2.38. The van der Waals surface area contributed by atoms with E-state index in [-0.39, 0.29) is 19.1 Å². The van der Waals surface area contributed by atoms with Gasteiger partial charge in [0.25, 0.3) is 7.82 Å². The first-order chi connectivity index (χ1) is 25.5. The molecule has 0 heterocycles. The fourth-order valence-corrected chi connectivity index (χ4v) is 7.35. The Morgan fingerprint density at radius 3 is 1.47 bits per heavy atom. The molecule has 0 saturated heterocycles. The number of phosphoric acid groups is 1. The van der Waals surface area contributed by atoms with Crippen molar-refractivity contribution in [1.29, 1.82) is 0 Å². The largest absolute Gasteiger partial charge is 0.756 e. The van der Waals surface area contributed by atoms with Crippen LogP contribution in [0, 0.1) is 0 Å². The SMILES string of the molecule is CCCCCCCC/C=C/CCCCCCCCCCCCCC(=O)N[C@@H](COP(=O)([O-])OCC[N+](C)(C)C)[C@H](O)CCCCCCCCCCCC. The van der Waals surface area contributed by atoms with Gasteiger partial charge in [0.1, 0.15) is 13.2 Å². The highest BCUT2D eigenvalue weighted by molar-refractivity contribution is 7.45. The molecule has 0 aliphatic heterocycles. The van der Waals surface area contributed by atoms with Gasteiger partial charge in [-0.15, -0.1) is 0 Å². The first-order valence-electron chi connectivity index (χ1n) is 22.5. The molecule has 8 nitrogen and oxygen atoms in total. The zero-order valence-corrected chi connectivity index (χ0v) is 36.6. The Balaban J connectivity index is 4.22. The predicted octanol–water partition coefficient (Wildman–Crippen LogP) is 11.7. The topological polar surface area (TPSA) is 108 Å². The number of nitrogens with zero attached hydrogens (tertiary/aromatic N) is 1. The van der Waals surface area contributed by atoms with E-state index in [4.69, 9.17) is 9.05 Å². The summed E-state index contributed by atoms with van der Waals surface area (Å²) in [5.74, 6) is -0.166. The van der Waals surface area contributed by atoms with Crippen molar-refractivity contribution in [2.75, 3.05) is 40.9 Å². The summed E-state index contributed by atoms with van der Waals surface area (Å²) in [6.45, 7) is 4.70. The van der Waals surface area contributed by atoms with Crippen LogP contribution in [0.1, 0.15) is 213 Å². The number of carbonyl (C=O) groups is 1. The Bertz CT molecular complexity index is 880. The fraction of sp³-hybridized carbons (Fsp3) is 0.932. The van der Waals surface area contributed by atoms with E-state index in [1.54, 1.807) is 0 Å². The third-order valence-electron chi connectivity index (χ3n) is 10.3. The van der Waals surface area contributed by atoms with Crippen molar-refractivity contribution in [2.45, 2.75) is 225 Å². The number of phosphoric ester groups is 1. The first kappa shape index (κ1) is 52.2. The number of unbranched alkanes of at least 4 members (excludes halogenated alkanes) is 26. The number of quaternary nitrogens is 1. The van der Waals surface area contributed by atoms with Gasteiger partial charge in [-0.1, -0.05) is 180 Å². The second kappa shape index (κ2) is 36.9. The maximum absolute atomic E-state index is 12.8. The number of carbonyl (C=O) groups excluding carboxylic acids is 1. The highest BCUT2D eigenvalue weighted by Gasteiger charge is 2.24. The van der Waals surface area contributed by atoms with Gasteiger partial charge in [0, 0.05) is 6.42 Å². The second-order valence-electron chi connectivity index (χ2n) is 16.8. The van der Waals surface area contributed by atoms with Gasteiger partial charge in [-0.25, -0.2) is 0 Å². The molecule has 2 N–H and O–H groups in total. The summed E-state index contributed by atoms with van der Waals surface area (Å²) < 4.78 is 23.2. The molecule has 0 saturated carbocycles. The summed E-state index contributed by atoms with van der Waals surface area (Å²) in [5.41, 5.74) is 0. The second-order valence-corrected chi connectivity index (χ2v) is 18.2. The number of likely N-dealkylation sites (N-methyl/N-ethyl adjacent to an activating group) is 1. The zero-order valence-electron chi connectivity index (χ0n) is 35.7. The van der Waals surface area contributed by atoms with E-state index in [1.165, 1.54) is 148 Å². The van der Waals surface area contributed by atoms with Crippen molar-refractivity contribution in [2.24, 2.45) is 0 Å². The molecule has 0 spiro atoms. The molecule has 0 radical (unpaired) electrons. The summed E-state index contributed by atoms with van der Waals surface area (Å²) in [4.78, 5) is 25.3. The lowest BCUT2D eigenvalue weighted by Gasteiger charge is -2.30. The quantitative estimate of drug-likeness (QED) is 0.0277. The van der Waals surface area contributed by atoms with Gasteiger partial charge in [-0.05, 0) is 38.5 Å². The maximum atomic E-state index is 12.8. The Kier molecular flexibility index (Phi) is 36.3. The highest BCUT2D eigenvalue weighted by atomic mass is 31.2. The maximum Gasteiger partial charge on any atom is 0.268 e. The summed E-state index contributed by atoms with van der Waals surface area (Å²) >= 11 is 0. The van der Waals surface area contributed by atoms with Gasteiger partial charge in [0.05, 0.1) is 39.9 Å². The van der Waals surface area contributed by atoms with Crippen molar-refractivity contribution >= 4 is 13.7 Å². The molecular formula is C44H89N2O6P. The van der Waals surface area contributed by atoms with Crippen LogP contribution in [0.25, 0.3) is 0 Å². The van der Waals surface area contributed by atoms with Crippen LogP contribution in [0.5, 0.6) is 0 Å².